The molecule has 2 aliphatic rings. The van der Waals surface area contributed by atoms with Crippen LogP contribution in [0, 0.1) is 11.8 Å². The van der Waals surface area contributed by atoms with Crippen molar-refractivity contribution in [3.8, 4) is 5.75 Å². The molecular formula is C28H34N4O3S. The Hall–Kier alpha value is -3.10. The van der Waals surface area contributed by atoms with Crippen LogP contribution in [0.15, 0.2) is 65.7 Å². The standard InChI is InChI=1S/C28H34N4O3S/c1-35-25-11-5-10-24-26(25)31-28(30,32-27(24)29)16-19-12-14-20(15-13-19)17-36(33,34)18-22-8-4-7-21-6-2-3-9-23(21)22/h2-11,19-20,31H,12-18,30H2,1H3,(H2,29,32). The number of benzene rings is 3. The first kappa shape index (κ1) is 24.6. The smallest absolute Gasteiger partial charge is 0.184 e. The Balaban J connectivity index is 1.20. The Morgan fingerprint density at radius 1 is 1.00 bits per heavy atom. The third-order valence-corrected chi connectivity index (χ3v) is 9.22. The predicted molar refractivity (Wildman–Crippen MR) is 146 cm³/mol. The molecule has 0 radical (unpaired) electrons. The first-order chi connectivity index (χ1) is 17.3. The summed E-state index contributed by atoms with van der Waals surface area (Å²) in [6, 6.07) is 19.5. The van der Waals surface area contributed by atoms with Crippen LogP contribution in [0.2, 0.25) is 0 Å². The summed E-state index contributed by atoms with van der Waals surface area (Å²) in [6.07, 6.45) is 4.20. The number of hydrogen-bond acceptors (Lipinski definition) is 7. The number of nitrogens with zero attached hydrogens (tertiary/aromatic N) is 1. The van der Waals surface area contributed by atoms with Gasteiger partial charge in [-0.25, -0.2) is 13.4 Å². The van der Waals surface area contributed by atoms with Gasteiger partial charge in [-0.2, -0.15) is 0 Å². The second-order valence-corrected chi connectivity index (χ2v) is 12.3. The van der Waals surface area contributed by atoms with Gasteiger partial charge < -0.3 is 15.8 Å². The van der Waals surface area contributed by atoms with Gasteiger partial charge in [-0.3, -0.25) is 5.73 Å². The molecule has 8 heteroatoms. The normalized spacial score (nSPS) is 24.0. The van der Waals surface area contributed by atoms with Crippen molar-refractivity contribution in [3.63, 3.8) is 0 Å². The average Bonchev–Trinajstić information content (AvgIpc) is 2.84. The molecule has 1 saturated carbocycles. The quantitative estimate of drug-likeness (QED) is 0.437. The fourth-order valence-corrected chi connectivity index (χ4v) is 7.67. The summed E-state index contributed by atoms with van der Waals surface area (Å²) in [5.41, 5.74) is 15.3. The Labute approximate surface area is 212 Å². The van der Waals surface area contributed by atoms with Crippen molar-refractivity contribution >= 4 is 32.1 Å². The van der Waals surface area contributed by atoms with Gasteiger partial charge in [-0.15, -0.1) is 0 Å². The lowest BCUT2D eigenvalue weighted by Gasteiger charge is -2.38. The maximum Gasteiger partial charge on any atom is 0.184 e. The van der Waals surface area contributed by atoms with Gasteiger partial charge in [0, 0.05) is 12.0 Å². The van der Waals surface area contributed by atoms with Crippen molar-refractivity contribution in [1.82, 2.24) is 0 Å². The van der Waals surface area contributed by atoms with E-state index in [2.05, 4.69) is 10.3 Å². The largest absolute Gasteiger partial charge is 0.495 e. The van der Waals surface area contributed by atoms with Crippen molar-refractivity contribution in [2.24, 2.45) is 28.3 Å². The topological polar surface area (TPSA) is 120 Å². The summed E-state index contributed by atoms with van der Waals surface area (Å²) in [6.45, 7) is 0. The third-order valence-electron chi connectivity index (χ3n) is 7.49. The number of sulfone groups is 1. The van der Waals surface area contributed by atoms with Crippen LogP contribution in [0.4, 0.5) is 5.69 Å². The minimum atomic E-state index is -3.22. The summed E-state index contributed by atoms with van der Waals surface area (Å²) in [5.74, 6) is 0.892. The van der Waals surface area contributed by atoms with Crippen LogP contribution in [0.1, 0.15) is 43.2 Å². The van der Waals surface area contributed by atoms with Gasteiger partial charge in [0.2, 0.25) is 0 Å². The molecular weight excluding hydrogens is 472 g/mol. The number of aliphatic imine (C=N–C) groups is 1. The molecule has 0 saturated heterocycles. The molecule has 0 spiro atoms. The first-order valence-corrected chi connectivity index (χ1v) is 14.3. The maximum atomic E-state index is 13.1. The van der Waals surface area contributed by atoms with Crippen LogP contribution >= 0.6 is 0 Å². The third kappa shape index (κ3) is 5.20. The van der Waals surface area contributed by atoms with E-state index in [1.807, 2.05) is 60.7 Å². The highest BCUT2D eigenvalue weighted by atomic mass is 32.2. The van der Waals surface area contributed by atoms with Gasteiger partial charge in [-0.05, 0) is 66.0 Å². The molecule has 0 aromatic heterocycles. The van der Waals surface area contributed by atoms with E-state index in [-0.39, 0.29) is 17.4 Å². The number of ether oxygens (including phenoxy) is 1. The summed E-state index contributed by atoms with van der Waals surface area (Å²) in [4.78, 5) is 4.58. The zero-order chi connectivity index (χ0) is 25.3. The van der Waals surface area contributed by atoms with E-state index >= 15 is 0 Å². The zero-order valence-corrected chi connectivity index (χ0v) is 21.4. The van der Waals surface area contributed by atoms with Gasteiger partial charge >= 0.3 is 0 Å². The van der Waals surface area contributed by atoms with E-state index in [0.29, 0.717) is 23.9 Å². The molecule has 1 fully saturated rings. The van der Waals surface area contributed by atoms with Crippen LogP contribution < -0.4 is 21.5 Å². The van der Waals surface area contributed by atoms with E-state index in [1.165, 1.54) is 0 Å². The number of fused-ring (bicyclic) bond motifs is 2. The second-order valence-electron chi connectivity index (χ2n) is 10.2. The Kier molecular flexibility index (Phi) is 6.66. The molecule has 190 valence electrons. The first-order valence-electron chi connectivity index (χ1n) is 12.5. The van der Waals surface area contributed by atoms with E-state index in [9.17, 15) is 8.42 Å². The number of hydrogen-bond donors (Lipinski definition) is 3. The van der Waals surface area contributed by atoms with Gasteiger partial charge in [-0.1, -0.05) is 48.5 Å². The molecule has 1 atom stereocenters. The van der Waals surface area contributed by atoms with E-state index < -0.39 is 15.6 Å². The molecule has 5 rings (SSSR count). The van der Waals surface area contributed by atoms with Gasteiger partial charge in [0.1, 0.15) is 11.6 Å². The van der Waals surface area contributed by atoms with Crippen LogP contribution in [0.3, 0.4) is 0 Å². The highest BCUT2D eigenvalue weighted by Crippen LogP contribution is 2.39. The van der Waals surface area contributed by atoms with Crippen molar-refractivity contribution < 1.29 is 13.2 Å². The van der Waals surface area contributed by atoms with Gasteiger partial charge in [0.25, 0.3) is 0 Å². The number of amidine groups is 1. The molecule has 3 aromatic carbocycles. The minimum absolute atomic E-state index is 0.0827. The Morgan fingerprint density at radius 3 is 2.47 bits per heavy atom. The molecule has 1 aliphatic carbocycles. The lowest BCUT2D eigenvalue weighted by molar-refractivity contribution is 0.241. The van der Waals surface area contributed by atoms with E-state index in [4.69, 9.17) is 16.2 Å². The highest BCUT2D eigenvalue weighted by molar-refractivity contribution is 7.90. The molecule has 36 heavy (non-hydrogen) atoms. The predicted octanol–water partition coefficient (Wildman–Crippen LogP) is 4.40. The molecule has 7 nitrogen and oxygen atoms in total. The number of nitrogens with two attached hydrogens (primary N) is 2. The monoisotopic (exact) mass is 506 g/mol. The molecule has 0 bridgehead atoms. The molecule has 1 heterocycles. The SMILES string of the molecule is COc1cccc2c1NC(N)(CC1CCC(CS(=O)(=O)Cc3cccc4ccccc34)CC1)N=C2N. The molecule has 1 unspecified atom stereocenters. The minimum Gasteiger partial charge on any atom is -0.495 e. The second kappa shape index (κ2) is 9.75. The van der Waals surface area contributed by atoms with Gasteiger partial charge in [0.15, 0.2) is 15.6 Å². The number of methoxy groups -OCH3 is 1. The van der Waals surface area contributed by atoms with Crippen LogP contribution in [0.5, 0.6) is 5.75 Å². The van der Waals surface area contributed by atoms with E-state index in [0.717, 1.165) is 53.3 Å². The lowest BCUT2D eigenvalue weighted by atomic mass is 9.80. The number of para-hydroxylation sites is 1. The van der Waals surface area contributed by atoms with Crippen LogP contribution in [-0.2, 0) is 15.6 Å². The Bertz CT molecular complexity index is 1390. The number of rotatable bonds is 7. The van der Waals surface area contributed by atoms with E-state index in [1.54, 1.807) is 7.11 Å². The molecule has 1 aliphatic heterocycles. The van der Waals surface area contributed by atoms with Crippen molar-refractivity contribution in [2.45, 2.75) is 43.6 Å². The number of nitrogens with one attached hydrogen (secondary N) is 1. The summed E-state index contributed by atoms with van der Waals surface area (Å²) >= 11 is 0. The van der Waals surface area contributed by atoms with Crippen molar-refractivity contribution in [2.75, 3.05) is 18.2 Å². The van der Waals surface area contributed by atoms with Crippen molar-refractivity contribution in [3.05, 3.63) is 71.8 Å². The van der Waals surface area contributed by atoms with Gasteiger partial charge in [0.05, 0.1) is 24.3 Å². The molecule has 0 amide bonds. The summed E-state index contributed by atoms with van der Waals surface area (Å²) in [7, 11) is -1.60. The Morgan fingerprint density at radius 2 is 1.69 bits per heavy atom. The molecule has 3 aromatic rings. The fourth-order valence-electron chi connectivity index (χ4n) is 5.78. The van der Waals surface area contributed by atoms with Crippen molar-refractivity contribution in [1.29, 1.82) is 0 Å². The molecule has 5 N–H and O–H groups in total. The summed E-state index contributed by atoms with van der Waals surface area (Å²) < 4.78 is 31.7. The van der Waals surface area contributed by atoms with Crippen LogP contribution in [0.25, 0.3) is 10.8 Å². The zero-order valence-electron chi connectivity index (χ0n) is 20.6. The number of anilines is 1. The van der Waals surface area contributed by atoms with Crippen LogP contribution in [-0.4, -0.2) is 32.9 Å². The lowest BCUT2D eigenvalue weighted by Crippen LogP contribution is -2.51. The summed E-state index contributed by atoms with van der Waals surface area (Å²) in [5, 5.41) is 5.43. The average molecular weight is 507 g/mol. The highest BCUT2D eigenvalue weighted by Gasteiger charge is 2.36. The maximum absolute atomic E-state index is 13.1. The fraction of sp³-hybridized carbons (Fsp3) is 0.393.